The Morgan fingerprint density at radius 1 is 0.942 bits per heavy atom. The van der Waals surface area contributed by atoms with Gasteiger partial charge in [0.1, 0.15) is 17.6 Å². The van der Waals surface area contributed by atoms with E-state index in [1.807, 2.05) is 70.2 Å². The Morgan fingerprint density at radius 2 is 1.56 bits per heavy atom. The summed E-state index contributed by atoms with van der Waals surface area (Å²) in [4.78, 5) is 63.1. The van der Waals surface area contributed by atoms with Crippen molar-refractivity contribution in [2.75, 3.05) is 66.3 Å². The molecule has 3 fully saturated rings. The summed E-state index contributed by atoms with van der Waals surface area (Å²) in [6, 6.07) is 8.45. The van der Waals surface area contributed by atoms with Gasteiger partial charge < -0.3 is 39.0 Å². The minimum Gasteiger partial charge on any atom is -0.460 e. The zero-order valence-electron chi connectivity index (χ0n) is 33.2. The molecule has 4 rings (SSSR count). The Kier molecular flexibility index (Phi) is 13.9. The van der Waals surface area contributed by atoms with E-state index in [2.05, 4.69) is 17.1 Å². The number of hydrogen-bond acceptors (Lipinski definition) is 10. The van der Waals surface area contributed by atoms with Gasteiger partial charge >= 0.3 is 12.0 Å². The molecule has 1 aromatic rings. The molecule has 0 radical (unpaired) electrons. The first-order valence-electron chi connectivity index (χ1n) is 18.8. The largest absolute Gasteiger partial charge is 0.460 e. The number of rotatable bonds is 6. The van der Waals surface area contributed by atoms with Gasteiger partial charge in [-0.15, -0.1) is 0 Å². The van der Waals surface area contributed by atoms with Crippen LogP contribution in [-0.4, -0.2) is 147 Å². The second-order valence-electron chi connectivity index (χ2n) is 16.2. The molecule has 0 aromatic heterocycles. The van der Waals surface area contributed by atoms with Gasteiger partial charge in [0.25, 0.3) is 0 Å². The van der Waals surface area contributed by atoms with Crippen molar-refractivity contribution in [3.05, 3.63) is 30.3 Å². The van der Waals surface area contributed by atoms with Crippen molar-refractivity contribution in [3.8, 4) is 0 Å². The summed E-state index contributed by atoms with van der Waals surface area (Å²) in [5, 5.41) is 2.91. The van der Waals surface area contributed by atoms with Gasteiger partial charge in [0.15, 0.2) is 12.1 Å². The van der Waals surface area contributed by atoms with E-state index in [9.17, 15) is 19.2 Å². The monoisotopic (exact) mass is 729 g/mol. The SMILES string of the molecule is CO[C@]1(C)C[C@@H](C)CN(C)[C@@H](C(=O)N2CCN(C(=O)Nc3ccccc3)CC2)[C@H](C)OC(=O)C(C)(C)C(=O)[C@H](C)[C@H]1O[C@H]1C[C@@H](N(C)C)C[C@@H](C)O1. The molecule has 0 aliphatic carbocycles. The van der Waals surface area contributed by atoms with Crippen molar-refractivity contribution in [1.29, 1.82) is 0 Å². The number of likely N-dealkylation sites (N-methyl/N-ethyl adjacent to an activating group) is 1. The van der Waals surface area contributed by atoms with E-state index in [0.29, 0.717) is 51.3 Å². The predicted octanol–water partition coefficient (Wildman–Crippen LogP) is 4.11. The fourth-order valence-electron chi connectivity index (χ4n) is 8.19. The third-order valence-electron chi connectivity index (χ3n) is 11.3. The summed E-state index contributed by atoms with van der Waals surface area (Å²) in [7, 11) is 7.58. The van der Waals surface area contributed by atoms with Crippen LogP contribution in [0.25, 0.3) is 0 Å². The quantitative estimate of drug-likeness (QED) is 0.338. The number of methoxy groups -OCH3 is 1. The van der Waals surface area contributed by atoms with Crippen molar-refractivity contribution in [2.24, 2.45) is 17.3 Å². The maximum Gasteiger partial charge on any atom is 0.321 e. The maximum atomic E-state index is 14.4. The molecule has 0 unspecified atom stereocenters. The number of cyclic esters (lactones) is 1. The van der Waals surface area contributed by atoms with E-state index in [1.165, 1.54) is 0 Å². The number of para-hydroxylation sites is 1. The molecule has 3 saturated heterocycles. The van der Waals surface area contributed by atoms with Crippen molar-refractivity contribution in [2.45, 2.75) is 110 Å². The number of benzene rings is 1. The third-order valence-corrected chi connectivity index (χ3v) is 11.3. The van der Waals surface area contributed by atoms with Gasteiger partial charge in [0.05, 0.1) is 17.8 Å². The van der Waals surface area contributed by atoms with Gasteiger partial charge in [-0.1, -0.05) is 32.0 Å². The molecule has 3 aliphatic rings. The highest BCUT2D eigenvalue weighted by Gasteiger charge is 2.51. The molecule has 1 aromatic carbocycles. The standard InChI is InChI=1S/C39H63N5O8/c1-25-23-39(7,49-11)34(52-31-22-30(41(8)9)21-26(2)50-31)27(3)33(45)38(5,6)36(47)51-28(4)32(42(10)24-25)35(46)43-17-19-44(20-18-43)37(48)40-29-15-13-12-14-16-29/h12-16,25-28,30-32,34H,17-24H2,1-11H3,(H,40,48)/t25-,26-,27+,28+,30+,31+,32-,34-,39-/m1/s1. The van der Waals surface area contributed by atoms with Crippen LogP contribution in [0.1, 0.15) is 67.7 Å². The van der Waals surface area contributed by atoms with Crippen molar-refractivity contribution in [1.82, 2.24) is 19.6 Å². The highest BCUT2D eigenvalue weighted by molar-refractivity contribution is 6.04. The van der Waals surface area contributed by atoms with Crippen LogP contribution in [0.5, 0.6) is 0 Å². The van der Waals surface area contributed by atoms with Gasteiger partial charge in [0, 0.05) is 63.9 Å². The van der Waals surface area contributed by atoms with E-state index < -0.39 is 47.4 Å². The van der Waals surface area contributed by atoms with Gasteiger partial charge in [-0.3, -0.25) is 19.3 Å². The van der Waals surface area contributed by atoms with Crippen molar-refractivity contribution >= 4 is 29.4 Å². The van der Waals surface area contributed by atoms with E-state index in [1.54, 1.807) is 44.6 Å². The Hall–Kier alpha value is -3.10. The molecule has 0 bridgehead atoms. The van der Waals surface area contributed by atoms with E-state index in [-0.39, 0.29) is 35.8 Å². The average Bonchev–Trinajstić information content (AvgIpc) is 3.09. The number of nitrogens with one attached hydrogen (secondary N) is 1. The highest BCUT2D eigenvalue weighted by Crippen LogP contribution is 2.38. The molecule has 0 saturated carbocycles. The summed E-state index contributed by atoms with van der Waals surface area (Å²) in [5.74, 6) is -2.00. The normalized spacial score (nSPS) is 34.2. The zero-order valence-corrected chi connectivity index (χ0v) is 33.2. The summed E-state index contributed by atoms with van der Waals surface area (Å²) in [6.45, 7) is 14.6. The molecule has 13 heteroatoms. The Morgan fingerprint density at radius 3 is 2.15 bits per heavy atom. The first kappa shape index (κ1) is 41.7. The van der Waals surface area contributed by atoms with Crippen LogP contribution in [0.2, 0.25) is 0 Å². The van der Waals surface area contributed by atoms with Crippen LogP contribution >= 0.6 is 0 Å². The molecular formula is C39H63N5O8. The number of anilines is 1. The van der Waals surface area contributed by atoms with Gasteiger partial charge in [-0.2, -0.15) is 0 Å². The molecule has 1 N–H and O–H groups in total. The van der Waals surface area contributed by atoms with Crippen LogP contribution < -0.4 is 5.32 Å². The summed E-state index contributed by atoms with van der Waals surface area (Å²) >= 11 is 0. The molecule has 13 nitrogen and oxygen atoms in total. The Labute approximate surface area is 310 Å². The molecule has 3 heterocycles. The first-order chi connectivity index (χ1) is 24.4. The molecule has 0 spiro atoms. The highest BCUT2D eigenvalue weighted by atomic mass is 16.7. The number of esters is 1. The van der Waals surface area contributed by atoms with Crippen LogP contribution in [0.4, 0.5) is 10.5 Å². The number of carbonyl (C=O) groups is 4. The molecule has 3 aliphatic heterocycles. The number of urea groups is 1. The smallest absolute Gasteiger partial charge is 0.321 e. The molecule has 9 atom stereocenters. The lowest BCUT2D eigenvalue weighted by Gasteiger charge is -2.45. The minimum absolute atomic E-state index is 0.0189. The molecule has 3 amide bonds. The summed E-state index contributed by atoms with van der Waals surface area (Å²) < 4.78 is 25.4. The average molecular weight is 730 g/mol. The molecule has 292 valence electrons. The van der Waals surface area contributed by atoms with Gasteiger partial charge in [-0.05, 0) is 86.7 Å². The first-order valence-corrected chi connectivity index (χ1v) is 18.8. The fourth-order valence-corrected chi connectivity index (χ4v) is 8.19. The minimum atomic E-state index is -1.54. The van der Waals surface area contributed by atoms with Gasteiger partial charge in [0.2, 0.25) is 5.91 Å². The number of carbonyl (C=O) groups excluding carboxylic acids is 4. The molecule has 52 heavy (non-hydrogen) atoms. The van der Waals surface area contributed by atoms with Gasteiger partial charge in [-0.25, -0.2) is 4.79 Å². The van der Waals surface area contributed by atoms with Crippen LogP contribution in [0, 0.1) is 17.3 Å². The van der Waals surface area contributed by atoms with E-state index in [0.717, 1.165) is 6.42 Å². The lowest BCUT2D eigenvalue weighted by molar-refractivity contribution is -0.263. The second kappa shape index (κ2) is 17.4. The lowest BCUT2D eigenvalue weighted by Crippen LogP contribution is -2.59. The number of ketones is 1. The predicted molar refractivity (Wildman–Crippen MR) is 199 cm³/mol. The number of ether oxygens (including phenoxy) is 4. The number of hydrogen-bond donors (Lipinski definition) is 1. The fraction of sp³-hybridized carbons (Fsp3) is 0.744. The lowest BCUT2D eigenvalue weighted by atomic mass is 9.74. The van der Waals surface area contributed by atoms with Crippen LogP contribution in [0.3, 0.4) is 0 Å². The number of nitrogens with zero attached hydrogens (tertiary/aromatic N) is 4. The van der Waals surface area contributed by atoms with Crippen LogP contribution in [-0.2, 0) is 33.3 Å². The third kappa shape index (κ3) is 9.71. The van der Waals surface area contributed by atoms with Crippen LogP contribution in [0.15, 0.2) is 30.3 Å². The summed E-state index contributed by atoms with van der Waals surface area (Å²) in [5.41, 5.74) is -1.78. The number of Topliss-reactive ketones (excluding diaryl/α,β-unsaturated/α-hetero) is 1. The number of piperazine rings is 1. The topological polar surface area (TPSA) is 130 Å². The van der Waals surface area contributed by atoms with E-state index >= 15 is 0 Å². The maximum absolute atomic E-state index is 14.4. The van der Waals surface area contributed by atoms with Crippen molar-refractivity contribution in [3.63, 3.8) is 0 Å². The zero-order chi connectivity index (χ0) is 38.5. The Balaban J connectivity index is 1.57. The van der Waals surface area contributed by atoms with E-state index in [4.69, 9.17) is 18.9 Å². The summed E-state index contributed by atoms with van der Waals surface area (Å²) in [6.07, 6.45) is -0.199. The Bertz CT molecular complexity index is 1390. The number of amides is 3. The van der Waals surface area contributed by atoms with Crippen molar-refractivity contribution < 1.29 is 38.1 Å². The molecular weight excluding hydrogens is 666 g/mol. The second-order valence-corrected chi connectivity index (χ2v) is 16.2.